The van der Waals surface area contributed by atoms with Crippen molar-refractivity contribution in [1.82, 2.24) is 8.96 Å². The second-order valence-electron chi connectivity index (χ2n) is 2.43. The van der Waals surface area contributed by atoms with Crippen LogP contribution in [0.1, 0.15) is 0 Å². The van der Waals surface area contributed by atoms with Crippen LogP contribution in [0.3, 0.4) is 0 Å². The zero-order valence-corrected chi connectivity index (χ0v) is 11.1. The quantitative estimate of drug-likeness (QED) is 0.433. The van der Waals surface area contributed by atoms with E-state index in [0.29, 0.717) is 0 Å². The summed E-state index contributed by atoms with van der Waals surface area (Å²) >= 11 is 8.28. The maximum absolute atomic E-state index is 6.00. The predicted octanol–water partition coefficient (Wildman–Crippen LogP) is 4.13. The molecule has 13 heavy (non-hydrogen) atoms. The van der Waals surface area contributed by atoms with E-state index >= 15 is 0 Å². The first kappa shape index (κ1) is 10.0. The summed E-state index contributed by atoms with van der Waals surface area (Å²) in [4.78, 5) is 4.26. The summed E-state index contributed by atoms with van der Waals surface area (Å²) in [6.45, 7) is 0. The molecular weight excluding hydrogens is 337 g/mol. The molecule has 0 aliphatic heterocycles. The number of rotatable bonds is 0. The van der Waals surface area contributed by atoms with Crippen LogP contribution in [0.15, 0.2) is 24.5 Å². The van der Waals surface area contributed by atoms with Gasteiger partial charge in [-0.3, -0.25) is 0 Å². The second kappa shape index (κ2) is 3.93. The van der Waals surface area contributed by atoms with Crippen molar-refractivity contribution in [3.05, 3.63) is 29.5 Å². The Bertz CT molecular complexity index is 530. The van der Waals surface area contributed by atoms with Crippen LogP contribution in [0.2, 0.25) is 5.02 Å². The Kier molecular flexibility index (Phi) is 3.03. The summed E-state index contributed by atoms with van der Waals surface area (Å²) < 4.78 is 2.03. The van der Waals surface area contributed by atoms with Crippen molar-refractivity contribution >= 4 is 58.9 Å². The van der Waals surface area contributed by atoms with E-state index in [1.165, 1.54) is 0 Å². The van der Waals surface area contributed by atoms with Crippen molar-refractivity contribution in [2.45, 2.75) is 0 Å². The summed E-state index contributed by atoms with van der Waals surface area (Å²) in [6.07, 6.45) is 3.68. The van der Waals surface area contributed by atoms with Gasteiger partial charge in [0, 0.05) is 0 Å². The van der Waals surface area contributed by atoms with Gasteiger partial charge in [0.1, 0.15) is 0 Å². The third-order valence-electron chi connectivity index (χ3n) is 1.69. The van der Waals surface area contributed by atoms with Crippen molar-refractivity contribution in [3.63, 3.8) is 0 Å². The van der Waals surface area contributed by atoms with Crippen molar-refractivity contribution in [1.29, 1.82) is 0 Å². The van der Waals surface area contributed by atoms with Gasteiger partial charge < -0.3 is 0 Å². The topological polar surface area (TPSA) is 17.8 Å². The molecule has 1 unspecified atom stereocenters. The molecule has 6 heteroatoms. The van der Waals surface area contributed by atoms with E-state index in [0.717, 1.165) is 16.1 Å². The molecule has 0 saturated heterocycles. The average Bonchev–Trinajstić information content (AvgIpc) is 2.48. The number of thiol groups is 1. The third kappa shape index (κ3) is 1.82. The van der Waals surface area contributed by atoms with E-state index in [1.54, 1.807) is 12.3 Å². The molecule has 0 amide bonds. The Morgan fingerprint density at radius 1 is 1.54 bits per heavy atom. The van der Waals surface area contributed by atoms with Crippen LogP contribution >= 0.6 is 47.8 Å². The van der Waals surface area contributed by atoms with Crippen molar-refractivity contribution < 1.29 is 0 Å². The Morgan fingerprint density at radius 2 is 2.31 bits per heavy atom. The molecule has 0 aliphatic rings. The first-order valence-electron chi connectivity index (χ1n) is 3.47. The zero-order valence-electron chi connectivity index (χ0n) is 6.35. The van der Waals surface area contributed by atoms with Gasteiger partial charge in [-0.15, -0.1) is 0 Å². The van der Waals surface area contributed by atoms with Gasteiger partial charge in [0.15, 0.2) is 0 Å². The van der Waals surface area contributed by atoms with Crippen LogP contribution in [0, 0.1) is 0 Å². The summed E-state index contributed by atoms with van der Waals surface area (Å²) in [6, 6.07) is 3.76. The van der Waals surface area contributed by atoms with Crippen molar-refractivity contribution in [3.8, 4) is 0 Å². The van der Waals surface area contributed by atoms with Gasteiger partial charge in [-0.05, 0) is 0 Å². The van der Waals surface area contributed by atoms with Crippen molar-refractivity contribution in [2.24, 2.45) is 0 Å². The van der Waals surface area contributed by atoms with Crippen LogP contribution in [0.4, 0.5) is 0 Å². The molecule has 0 saturated carbocycles. The fourth-order valence-electron chi connectivity index (χ4n) is 1.13. The van der Waals surface area contributed by atoms with Crippen LogP contribution in [0.25, 0.3) is 11.0 Å². The molecule has 68 valence electrons. The first-order valence-corrected chi connectivity index (χ1v) is 9.08. The SMILES string of the molecule is P#[SH](I)n1ccc2c(Cl)ccnc21. The number of halogens is 2. The van der Waals surface area contributed by atoms with Gasteiger partial charge in [0.25, 0.3) is 0 Å². The standard InChI is InChI=1S/C7H5ClIN2PS/c8-6-1-3-10-7-5(6)2-4-11(7)13(9)12/h1-4,13H. The number of nitrogens with zero attached hydrogens (tertiary/aromatic N) is 2. The van der Waals surface area contributed by atoms with Crippen molar-refractivity contribution in [2.75, 3.05) is 0 Å². The average molecular weight is 343 g/mol. The molecule has 2 aromatic rings. The minimum absolute atomic E-state index is 0.511. The van der Waals surface area contributed by atoms with Gasteiger partial charge in [-0.1, -0.05) is 0 Å². The fraction of sp³-hybridized carbons (Fsp3) is 0. The number of hydrogen-bond donors (Lipinski definition) is 1. The van der Waals surface area contributed by atoms with Crippen LogP contribution in [-0.4, -0.2) is 8.96 Å². The molecule has 0 fully saturated rings. The van der Waals surface area contributed by atoms with E-state index in [9.17, 15) is 0 Å². The van der Waals surface area contributed by atoms with Crippen LogP contribution < -0.4 is 0 Å². The number of pyridine rings is 1. The number of hydrogen-bond acceptors (Lipinski definition) is 1. The second-order valence-corrected chi connectivity index (χ2v) is 9.92. The number of aromatic nitrogens is 2. The molecule has 0 N–H and O–H groups in total. The summed E-state index contributed by atoms with van der Waals surface area (Å²) in [7, 11) is 3.88. The Hall–Kier alpha value is 0.490. The van der Waals surface area contributed by atoms with Crippen LogP contribution in [0.5, 0.6) is 0 Å². The first-order chi connectivity index (χ1) is 6.20. The summed E-state index contributed by atoms with van der Waals surface area (Å²) in [5.74, 6) is 0. The molecule has 2 aromatic heterocycles. The Labute approximate surface area is 96.8 Å². The molecule has 0 radical (unpaired) electrons. The van der Waals surface area contributed by atoms with Gasteiger partial charge in [0.05, 0.1) is 0 Å². The van der Waals surface area contributed by atoms with E-state index in [1.807, 2.05) is 16.2 Å². The molecule has 2 nitrogen and oxygen atoms in total. The van der Waals surface area contributed by atoms with E-state index < -0.39 is 7.23 Å². The summed E-state index contributed by atoms with van der Waals surface area (Å²) in [5.41, 5.74) is 0.906. The molecule has 0 aliphatic carbocycles. The Balaban J connectivity index is 2.85. The van der Waals surface area contributed by atoms with Gasteiger partial charge >= 0.3 is 97.4 Å². The van der Waals surface area contributed by atoms with Crippen LogP contribution in [-0.2, 0) is 0 Å². The molecule has 2 heterocycles. The molecule has 0 bridgehead atoms. The van der Waals surface area contributed by atoms with Gasteiger partial charge in [-0.2, -0.15) is 0 Å². The molecule has 0 aromatic carbocycles. The Morgan fingerprint density at radius 3 is 3.00 bits per heavy atom. The monoisotopic (exact) mass is 342 g/mol. The molecule has 1 atom stereocenters. The maximum atomic E-state index is 6.00. The van der Waals surface area contributed by atoms with E-state index in [2.05, 4.69) is 34.0 Å². The molecule has 0 spiro atoms. The zero-order chi connectivity index (χ0) is 9.42. The van der Waals surface area contributed by atoms with E-state index in [4.69, 9.17) is 11.6 Å². The molecule has 2 rings (SSSR count). The third-order valence-corrected chi connectivity index (χ3v) is 4.67. The number of fused-ring (bicyclic) bond motifs is 1. The summed E-state index contributed by atoms with van der Waals surface area (Å²) in [5, 5.41) is 1.73. The fourth-order valence-corrected chi connectivity index (χ4v) is 3.30. The van der Waals surface area contributed by atoms with Gasteiger partial charge in [-0.25, -0.2) is 0 Å². The predicted molar refractivity (Wildman–Crippen MR) is 70.1 cm³/mol. The van der Waals surface area contributed by atoms with Gasteiger partial charge in [0.2, 0.25) is 0 Å². The minimum atomic E-state index is -0.511. The van der Waals surface area contributed by atoms with E-state index in [-0.39, 0.29) is 0 Å². The molecular formula is C7H5ClIN2PS. The normalized spacial score (nSPS) is 13.3.